The summed E-state index contributed by atoms with van der Waals surface area (Å²) in [6, 6.07) is 7.53. The SMILES string of the molecule is CCCC(C)OC(=O)CCn1ccc2cc(CC(=O)O)ccc21. The highest BCUT2D eigenvalue weighted by molar-refractivity contribution is 5.82. The van der Waals surface area contributed by atoms with Crippen LogP contribution in [0.25, 0.3) is 10.9 Å². The molecular formula is C18H23NO4. The third kappa shape index (κ3) is 4.84. The first-order valence-electron chi connectivity index (χ1n) is 7.98. The van der Waals surface area contributed by atoms with Crippen molar-refractivity contribution in [2.24, 2.45) is 0 Å². The van der Waals surface area contributed by atoms with Gasteiger partial charge in [-0.1, -0.05) is 19.4 Å². The summed E-state index contributed by atoms with van der Waals surface area (Å²) in [7, 11) is 0. The first-order chi connectivity index (χ1) is 11.0. The standard InChI is InChI=1S/C18H23NO4/c1-3-4-13(2)23-18(22)8-10-19-9-7-15-11-14(12-17(20)21)5-6-16(15)19/h5-7,9,11,13H,3-4,8,10,12H2,1-2H3,(H,20,21). The van der Waals surface area contributed by atoms with E-state index in [4.69, 9.17) is 9.84 Å². The smallest absolute Gasteiger partial charge is 0.307 e. The van der Waals surface area contributed by atoms with Gasteiger partial charge in [0, 0.05) is 18.3 Å². The minimum absolute atomic E-state index is 0.0166. The van der Waals surface area contributed by atoms with Crippen LogP contribution in [0.15, 0.2) is 30.5 Å². The van der Waals surface area contributed by atoms with Gasteiger partial charge in [0.15, 0.2) is 0 Å². The first kappa shape index (κ1) is 17.1. The molecule has 0 radical (unpaired) electrons. The van der Waals surface area contributed by atoms with Crippen LogP contribution in [0.4, 0.5) is 0 Å². The summed E-state index contributed by atoms with van der Waals surface area (Å²) in [4.78, 5) is 22.6. The number of carboxylic acids is 1. The Hall–Kier alpha value is -2.30. The zero-order valence-corrected chi connectivity index (χ0v) is 13.6. The molecule has 0 spiro atoms. The number of fused-ring (bicyclic) bond motifs is 1. The average molecular weight is 317 g/mol. The van der Waals surface area contributed by atoms with Crippen molar-refractivity contribution >= 4 is 22.8 Å². The Kier molecular flexibility index (Phi) is 5.79. The maximum atomic E-state index is 11.8. The topological polar surface area (TPSA) is 68.5 Å². The summed E-state index contributed by atoms with van der Waals surface area (Å²) in [5.74, 6) is -1.02. The van der Waals surface area contributed by atoms with Crippen LogP contribution in [0, 0.1) is 0 Å². The van der Waals surface area contributed by atoms with Crippen LogP contribution < -0.4 is 0 Å². The predicted octanol–water partition coefficient (Wildman–Crippen LogP) is 3.39. The number of aryl methyl sites for hydroxylation is 1. The Morgan fingerprint density at radius 1 is 1.30 bits per heavy atom. The van der Waals surface area contributed by atoms with Gasteiger partial charge in [-0.2, -0.15) is 0 Å². The molecule has 5 heteroatoms. The number of hydrogen-bond acceptors (Lipinski definition) is 3. The van der Waals surface area contributed by atoms with Gasteiger partial charge in [-0.05, 0) is 42.5 Å². The second-order valence-electron chi connectivity index (χ2n) is 5.81. The summed E-state index contributed by atoms with van der Waals surface area (Å²) in [6.45, 7) is 4.53. The van der Waals surface area contributed by atoms with Crippen LogP contribution in [0.2, 0.25) is 0 Å². The minimum Gasteiger partial charge on any atom is -0.481 e. The number of carboxylic acid groups (broad SMARTS) is 1. The van der Waals surface area contributed by atoms with Crippen molar-refractivity contribution in [2.45, 2.75) is 52.2 Å². The number of ether oxygens (including phenoxy) is 1. The number of aliphatic carboxylic acids is 1. The molecule has 5 nitrogen and oxygen atoms in total. The number of benzene rings is 1. The molecule has 0 fully saturated rings. The van der Waals surface area contributed by atoms with Crippen molar-refractivity contribution in [3.05, 3.63) is 36.0 Å². The zero-order chi connectivity index (χ0) is 16.8. The number of hydrogen-bond donors (Lipinski definition) is 1. The summed E-state index contributed by atoms with van der Waals surface area (Å²) in [6.07, 6.45) is 4.10. The molecule has 2 rings (SSSR count). The summed E-state index contributed by atoms with van der Waals surface area (Å²) in [5, 5.41) is 9.83. The van der Waals surface area contributed by atoms with Crippen molar-refractivity contribution < 1.29 is 19.4 Å². The average Bonchev–Trinajstić information content (AvgIpc) is 2.87. The lowest BCUT2D eigenvalue weighted by Crippen LogP contribution is -2.16. The van der Waals surface area contributed by atoms with Crippen molar-refractivity contribution in [1.82, 2.24) is 4.57 Å². The molecule has 1 N–H and O–H groups in total. The third-order valence-electron chi connectivity index (χ3n) is 3.78. The van der Waals surface area contributed by atoms with Crippen LogP contribution in [-0.4, -0.2) is 27.7 Å². The molecule has 1 heterocycles. The van der Waals surface area contributed by atoms with Gasteiger partial charge in [-0.15, -0.1) is 0 Å². The summed E-state index contributed by atoms with van der Waals surface area (Å²) in [5.41, 5.74) is 1.77. The van der Waals surface area contributed by atoms with E-state index in [0.717, 1.165) is 29.3 Å². The van der Waals surface area contributed by atoms with Crippen molar-refractivity contribution in [3.8, 4) is 0 Å². The van der Waals surface area contributed by atoms with Crippen LogP contribution >= 0.6 is 0 Å². The molecule has 0 saturated carbocycles. The second kappa shape index (κ2) is 7.81. The Bertz CT molecular complexity index is 689. The Labute approximate surface area is 135 Å². The van der Waals surface area contributed by atoms with Crippen LogP contribution in [0.5, 0.6) is 0 Å². The number of carbonyl (C=O) groups excluding carboxylic acids is 1. The lowest BCUT2D eigenvalue weighted by atomic mass is 10.1. The quantitative estimate of drug-likeness (QED) is 0.758. The van der Waals surface area contributed by atoms with Gasteiger partial charge in [0.1, 0.15) is 0 Å². The molecular weight excluding hydrogens is 294 g/mol. The van der Waals surface area contributed by atoms with E-state index in [9.17, 15) is 9.59 Å². The third-order valence-corrected chi connectivity index (χ3v) is 3.78. The van der Waals surface area contributed by atoms with Gasteiger partial charge in [0.2, 0.25) is 0 Å². The Balaban J connectivity index is 1.98. The van der Waals surface area contributed by atoms with Gasteiger partial charge in [0.25, 0.3) is 0 Å². The Morgan fingerprint density at radius 3 is 2.78 bits per heavy atom. The van der Waals surface area contributed by atoms with E-state index >= 15 is 0 Å². The van der Waals surface area contributed by atoms with Crippen molar-refractivity contribution in [2.75, 3.05) is 0 Å². The van der Waals surface area contributed by atoms with E-state index < -0.39 is 5.97 Å². The minimum atomic E-state index is -0.840. The van der Waals surface area contributed by atoms with Crippen molar-refractivity contribution in [3.63, 3.8) is 0 Å². The molecule has 0 aliphatic heterocycles. The normalized spacial score (nSPS) is 12.3. The molecule has 124 valence electrons. The molecule has 1 aromatic carbocycles. The molecule has 0 saturated heterocycles. The first-order valence-corrected chi connectivity index (χ1v) is 7.98. The highest BCUT2D eigenvalue weighted by Crippen LogP contribution is 2.19. The molecule has 1 unspecified atom stereocenters. The lowest BCUT2D eigenvalue weighted by Gasteiger charge is -2.12. The zero-order valence-electron chi connectivity index (χ0n) is 13.6. The number of esters is 1. The molecule has 0 amide bonds. The summed E-state index contributed by atoms with van der Waals surface area (Å²) >= 11 is 0. The fourth-order valence-electron chi connectivity index (χ4n) is 2.69. The van der Waals surface area contributed by atoms with Crippen molar-refractivity contribution in [1.29, 1.82) is 0 Å². The lowest BCUT2D eigenvalue weighted by molar-refractivity contribution is -0.148. The van der Waals surface area contributed by atoms with Gasteiger partial charge >= 0.3 is 11.9 Å². The van der Waals surface area contributed by atoms with E-state index in [1.165, 1.54) is 0 Å². The summed E-state index contributed by atoms with van der Waals surface area (Å²) < 4.78 is 7.34. The van der Waals surface area contributed by atoms with E-state index in [1.54, 1.807) is 0 Å². The van der Waals surface area contributed by atoms with Crippen LogP contribution in [0.3, 0.4) is 0 Å². The fraction of sp³-hybridized carbons (Fsp3) is 0.444. The largest absolute Gasteiger partial charge is 0.481 e. The van der Waals surface area contributed by atoms with Gasteiger partial charge in [-0.3, -0.25) is 9.59 Å². The van der Waals surface area contributed by atoms with E-state index in [0.29, 0.717) is 13.0 Å². The molecule has 23 heavy (non-hydrogen) atoms. The molecule has 1 atom stereocenters. The molecule has 1 aromatic heterocycles. The van der Waals surface area contributed by atoms with Gasteiger partial charge in [0.05, 0.1) is 18.9 Å². The number of nitrogens with zero attached hydrogens (tertiary/aromatic N) is 1. The Morgan fingerprint density at radius 2 is 2.09 bits per heavy atom. The highest BCUT2D eigenvalue weighted by Gasteiger charge is 2.10. The second-order valence-corrected chi connectivity index (χ2v) is 5.81. The monoisotopic (exact) mass is 317 g/mol. The molecule has 2 aromatic rings. The van der Waals surface area contributed by atoms with Gasteiger partial charge in [-0.25, -0.2) is 0 Å². The van der Waals surface area contributed by atoms with E-state index in [-0.39, 0.29) is 18.5 Å². The van der Waals surface area contributed by atoms with Crippen LogP contribution in [-0.2, 0) is 27.3 Å². The van der Waals surface area contributed by atoms with E-state index in [2.05, 4.69) is 6.92 Å². The van der Waals surface area contributed by atoms with E-state index in [1.807, 2.05) is 42.0 Å². The number of aromatic nitrogens is 1. The molecule has 0 bridgehead atoms. The molecule has 0 aliphatic carbocycles. The van der Waals surface area contributed by atoms with Crippen LogP contribution in [0.1, 0.15) is 38.7 Å². The maximum absolute atomic E-state index is 11.8. The highest BCUT2D eigenvalue weighted by atomic mass is 16.5. The van der Waals surface area contributed by atoms with Gasteiger partial charge < -0.3 is 14.4 Å². The maximum Gasteiger partial charge on any atom is 0.307 e. The molecule has 0 aliphatic rings. The predicted molar refractivity (Wildman–Crippen MR) is 88.4 cm³/mol. The fourth-order valence-corrected chi connectivity index (χ4v) is 2.69. The number of carbonyl (C=O) groups is 2. The number of rotatable bonds is 8.